The number of aryl methyl sites for hydroxylation is 1. The molecule has 30 heavy (non-hydrogen) atoms. The second-order valence-corrected chi connectivity index (χ2v) is 6.56. The van der Waals surface area contributed by atoms with Crippen molar-refractivity contribution in [2.75, 3.05) is 6.61 Å². The minimum Gasteiger partial charge on any atom is -0.481 e. The van der Waals surface area contributed by atoms with Gasteiger partial charge in [0.05, 0.1) is 30.1 Å². The van der Waals surface area contributed by atoms with Gasteiger partial charge >= 0.3 is 11.9 Å². The molecule has 1 heterocycles. The minimum absolute atomic E-state index is 0.161. The van der Waals surface area contributed by atoms with E-state index in [9.17, 15) is 18.0 Å². The van der Waals surface area contributed by atoms with Gasteiger partial charge < -0.3 is 4.74 Å². The number of benzene rings is 2. The molecular weight excluding hydrogens is 399 g/mol. The van der Waals surface area contributed by atoms with E-state index in [-0.39, 0.29) is 12.2 Å². The molecule has 1 aromatic heterocycles. The van der Waals surface area contributed by atoms with Gasteiger partial charge in [-0.05, 0) is 65.7 Å². The van der Waals surface area contributed by atoms with E-state index in [1.165, 1.54) is 12.1 Å². The Bertz CT molecular complexity index is 1110. The molecule has 0 fully saturated rings. The first-order chi connectivity index (χ1) is 14.2. The van der Waals surface area contributed by atoms with Gasteiger partial charge in [0.25, 0.3) is 0 Å². The minimum atomic E-state index is -4.45. The zero-order chi connectivity index (χ0) is 21.9. The van der Waals surface area contributed by atoms with Crippen LogP contribution < -0.4 is 5.69 Å². The van der Waals surface area contributed by atoms with Crippen LogP contribution in [0.1, 0.15) is 30.5 Å². The zero-order valence-corrected chi connectivity index (χ0v) is 16.6. The molecule has 2 aromatic carbocycles. The number of nitrogens with zero attached hydrogens (tertiary/aromatic N) is 5. The molecule has 3 aromatic rings. The number of hydrogen-bond acceptors (Lipinski definition) is 5. The van der Waals surface area contributed by atoms with Crippen molar-refractivity contribution in [3.8, 4) is 5.69 Å². The third kappa shape index (κ3) is 4.76. The highest BCUT2D eigenvalue weighted by Crippen LogP contribution is 2.29. The van der Waals surface area contributed by atoms with Crippen molar-refractivity contribution < 1.29 is 17.9 Å². The van der Waals surface area contributed by atoms with Crippen LogP contribution >= 0.6 is 0 Å². The Labute approximate surface area is 170 Å². The Morgan fingerprint density at radius 1 is 1.13 bits per heavy atom. The van der Waals surface area contributed by atoms with Gasteiger partial charge in [-0.2, -0.15) is 22.5 Å². The summed E-state index contributed by atoms with van der Waals surface area (Å²) in [6.45, 7) is 6.24. The molecular formula is C20H20F3N5O2. The van der Waals surface area contributed by atoms with Gasteiger partial charge in [0, 0.05) is 6.92 Å². The highest BCUT2D eigenvalue weighted by molar-refractivity contribution is 5.77. The predicted molar refractivity (Wildman–Crippen MR) is 105 cm³/mol. The second kappa shape index (κ2) is 8.52. The lowest BCUT2D eigenvalue weighted by Crippen LogP contribution is -2.24. The molecule has 10 heteroatoms. The number of hydrogen-bond donors (Lipinski definition) is 0. The van der Waals surface area contributed by atoms with Crippen LogP contribution in [0.5, 0.6) is 0 Å². The summed E-state index contributed by atoms with van der Waals surface area (Å²) >= 11 is 0. The van der Waals surface area contributed by atoms with E-state index in [4.69, 9.17) is 4.74 Å². The van der Waals surface area contributed by atoms with Crippen molar-refractivity contribution in [1.29, 1.82) is 0 Å². The Morgan fingerprint density at radius 3 is 2.43 bits per heavy atom. The van der Waals surface area contributed by atoms with E-state index >= 15 is 0 Å². The Morgan fingerprint density at radius 2 is 1.83 bits per heavy atom. The summed E-state index contributed by atoms with van der Waals surface area (Å²) in [6.07, 6.45) is -4.45. The number of aliphatic imine (C=N–C) groups is 1. The maximum Gasteiger partial charge on any atom is 0.416 e. The summed E-state index contributed by atoms with van der Waals surface area (Å²) in [5.41, 5.74) is 1.31. The fraction of sp³-hybridized carbons (Fsp3) is 0.300. The van der Waals surface area contributed by atoms with E-state index in [1.807, 2.05) is 32.0 Å². The summed E-state index contributed by atoms with van der Waals surface area (Å²) in [5, 5.41) is 7.60. The molecule has 0 saturated heterocycles. The quantitative estimate of drug-likeness (QED) is 0.465. The van der Waals surface area contributed by atoms with Crippen molar-refractivity contribution in [3.63, 3.8) is 0 Å². The largest absolute Gasteiger partial charge is 0.481 e. The van der Waals surface area contributed by atoms with Crippen LogP contribution in [0.3, 0.4) is 0 Å². The molecule has 0 atom stereocenters. The Kier molecular flexibility index (Phi) is 6.04. The molecule has 0 aliphatic carbocycles. The first kappa shape index (κ1) is 21.3. The van der Waals surface area contributed by atoms with E-state index in [1.54, 1.807) is 6.92 Å². The maximum atomic E-state index is 12.7. The normalized spacial score (nSPS) is 12.3. The van der Waals surface area contributed by atoms with Crippen LogP contribution in [0, 0.1) is 6.92 Å². The SMILES string of the molecule is CCOC(C)=Nc1ccc(Cn2nnn(-c3ccc(C(F)(F)F)cc3)c2=O)cc1C. The van der Waals surface area contributed by atoms with E-state index in [0.29, 0.717) is 12.5 Å². The number of ether oxygens (including phenoxy) is 1. The highest BCUT2D eigenvalue weighted by Gasteiger charge is 2.30. The van der Waals surface area contributed by atoms with Gasteiger partial charge in [-0.25, -0.2) is 9.79 Å². The number of tetrazole rings is 1. The predicted octanol–water partition coefficient (Wildman–Crippen LogP) is 3.89. The molecule has 0 N–H and O–H groups in total. The third-order valence-electron chi connectivity index (χ3n) is 4.30. The topological polar surface area (TPSA) is 74.3 Å². The summed E-state index contributed by atoms with van der Waals surface area (Å²) in [7, 11) is 0. The smallest absolute Gasteiger partial charge is 0.416 e. The Balaban J connectivity index is 1.81. The molecule has 0 aliphatic heterocycles. The number of aromatic nitrogens is 4. The molecule has 0 saturated carbocycles. The molecule has 0 aliphatic rings. The highest BCUT2D eigenvalue weighted by atomic mass is 19.4. The maximum absolute atomic E-state index is 12.7. The van der Waals surface area contributed by atoms with Gasteiger partial charge in [0.1, 0.15) is 0 Å². The van der Waals surface area contributed by atoms with E-state index in [2.05, 4.69) is 15.4 Å². The molecule has 0 unspecified atom stereocenters. The van der Waals surface area contributed by atoms with Crippen LogP contribution in [0.25, 0.3) is 5.69 Å². The lowest BCUT2D eigenvalue weighted by atomic mass is 10.1. The third-order valence-corrected chi connectivity index (χ3v) is 4.30. The van der Waals surface area contributed by atoms with Crippen LogP contribution in [-0.4, -0.2) is 32.3 Å². The molecule has 0 amide bonds. The molecule has 3 rings (SSSR count). The number of rotatable bonds is 5. The van der Waals surface area contributed by atoms with Gasteiger partial charge in [0.15, 0.2) is 5.90 Å². The van der Waals surface area contributed by atoms with Crippen molar-refractivity contribution in [2.45, 2.75) is 33.5 Å². The fourth-order valence-corrected chi connectivity index (χ4v) is 2.85. The van der Waals surface area contributed by atoms with Gasteiger partial charge in [0.2, 0.25) is 0 Å². The van der Waals surface area contributed by atoms with Crippen molar-refractivity contribution >= 4 is 11.6 Å². The molecule has 0 radical (unpaired) electrons. The number of halogens is 3. The zero-order valence-electron chi connectivity index (χ0n) is 16.6. The average Bonchev–Trinajstić information content (AvgIpc) is 3.04. The van der Waals surface area contributed by atoms with Crippen LogP contribution in [-0.2, 0) is 17.5 Å². The summed E-state index contributed by atoms with van der Waals surface area (Å²) in [6, 6.07) is 9.66. The van der Waals surface area contributed by atoms with Crippen LogP contribution in [0.15, 0.2) is 52.3 Å². The van der Waals surface area contributed by atoms with Crippen LogP contribution in [0.2, 0.25) is 0 Å². The first-order valence-corrected chi connectivity index (χ1v) is 9.17. The first-order valence-electron chi connectivity index (χ1n) is 9.17. The van der Waals surface area contributed by atoms with Crippen molar-refractivity contribution in [3.05, 3.63) is 69.6 Å². The average molecular weight is 419 g/mol. The van der Waals surface area contributed by atoms with Crippen molar-refractivity contribution in [2.24, 2.45) is 4.99 Å². The van der Waals surface area contributed by atoms with Crippen molar-refractivity contribution in [1.82, 2.24) is 19.8 Å². The molecule has 158 valence electrons. The summed E-state index contributed by atoms with van der Waals surface area (Å²) in [5.74, 6) is 0.559. The molecule has 0 bridgehead atoms. The fourth-order valence-electron chi connectivity index (χ4n) is 2.85. The lowest BCUT2D eigenvalue weighted by Gasteiger charge is -2.07. The van der Waals surface area contributed by atoms with Gasteiger partial charge in [-0.3, -0.25) is 0 Å². The summed E-state index contributed by atoms with van der Waals surface area (Å²) < 4.78 is 45.5. The van der Waals surface area contributed by atoms with Gasteiger partial charge in [-0.1, -0.05) is 12.1 Å². The monoisotopic (exact) mass is 419 g/mol. The number of alkyl halides is 3. The molecule has 7 nitrogen and oxygen atoms in total. The van der Waals surface area contributed by atoms with Gasteiger partial charge in [-0.15, -0.1) is 0 Å². The lowest BCUT2D eigenvalue weighted by molar-refractivity contribution is -0.137. The Hall–Kier alpha value is -3.43. The second-order valence-electron chi connectivity index (χ2n) is 6.56. The van der Waals surface area contributed by atoms with E-state index < -0.39 is 17.4 Å². The standard InChI is InChI=1S/C20H20F3N5O2/c1-4-30-14(3)24-18-10-5-15(11-13(18)2)12-27-19(29)28(26-25-27)17-8-6-16(7-9-17)20(21,22)23/h5-11H,4,12H2,1-3H3. The van der Waals surface area contributed by atoms with Crippen LogP contribution in [0.4, 0.5) is 18.9 Å². The van der Waals surface area contributed by atoms with E-state index in [0.717, 1.165) is 38.3 Å². The molecule has 0 spiro atoms. The summed E-state index contributed by atoms with van der Waals surface area (Å²) in [4.78, 5) is 17.0.